The molecule has 0 aromatic heterocycles. The summed E-state index contributed by atoms with van der Waals surface area (Å²) >= 11 is 0. The Morgan fingerprint density at radius 2 is 1.90 bits per heavy atom. The second-order valence-electron chi connectivity index (χ2n) is 6.23. The fourth-order valence-corrected chi connectivity index (χ4v) is 2.69. The Morgan fingerprint density at radius 3 is 2.57 bits per heavy atom. The summed E-state index contributed by atoms with van der Waals surface area (Å²) in [5.41, 5.74) is 1.43. The van der Waals surface area contributed by atoms with Crippen molar-refractivity contribution >= 4 is 10.8 Å². The van der Waals surface area contributed by atoms with Crippen molar-refractivity contribution in [3.8, 4) is 5.75 Å². The van der Waals surface area contributed by atoms with E-state index in [4.69, 9.17) is 4.74 Å². The third kappa shape index (κ3) is 3.04. The van der Waals surface area contributed by atoms with E-state index in [9.17, 15) is 5.11 Å². The van der Waals surface area contributed by atoms with Crippen molar-refractivity contribution in [1.82, 2.24) is 5.32 Å². The van der Waals surface area contributed by atoms with E-state index in [1.165, 1.54) is 16.3 Å². The number of benzene rings is 2. The molecule has 1 atom stereocenters. The molecule has 3 heteroatoms. The molecule has 0 radical (unpaired) electrons. The molecular weight excluding hydrogens is 262 g/mol. The summed E-state index contributed by atoms with van der Waals surface area (Å²) in [5, 5.41) is 15.4. The van der Waals surface area contributed by atoms with Crippen LogP contribution in [0.5, 0.6) is 5.75 Å². The molecule has 112 valence electrons. The van der Waals surface area contributed by atoms with E-state index >= 15 is 0 Å². The first-order valence-corrected chi connectivity index (χ1v) is 7.58. The Hall–Kier alpha value is -1.58. The summed E-state index contributed by atoms with van der Waals surface area (Å²) in [6.45, 7) is 3.37. The van der Waals surface area contributed by atoms with Crippen molar-refractivity contribution in [3.63, 3.8) is 0 Å². The van der Waals surface area contributed by atoms with Gasteiger partial charge in [-0.25, -0.2) is 0 Å². The molecule has 3 rings (SSSR count). The largest absolute Gasteiger partial charge is 0.497 e. The zero-order valence-corrected chi connectivity index (χ0v) is 12.7. The maximum Gasteiger partial charge on any atom is 0.119 e. The van der Waals surface area contributed by atoms with Crippen LogP contribution in [0.1, 0.15) is 31.4 Å². The van der Waals surface area contributed by atoms with E-state index in [0.717, 1.165) is 25.1 Å². The number of nitrogens with one attached hydrogen (secondary N) is 1. The molecule has 0 heterocycles. The highest BCUT2D eigenvalue weighted by Gasteiger charge is 2.41. The maximum atomic E-state index is 9.38. The molecule has 3 nitrogen and oxygen atoms in total. The van der Waals surface area contributed by atoms with Gasteiger partial charge in [-0.1, -0.05) is 18.2 Å². The number of ether oxygens (including phenoxy) is 1. The summed E-state index contributed by atoms with van der Waals surface area (Å²) < 4.78 is 5.26. The van der Waals surface area contributed by atoms with Crippen LogP contribution >= 0.6 is 0 Å². The van der Waals surface area contributed by atoms with Gasteiger partial charge in [0, 0.05) is 24.6 Å². The number of fused-ring (bicyclic) bond motifs is 1. The maximum absolute atomic E-state index is 9.38. The highest BCUT2D eigenvalue weighted by Crippen LogP contribution is 2.44. The molecule has 1 unspecified atom stereocenters. The number of aliphatic hydroxyl groups is 1. The van der Waals surface area contributed by atoms with E-state index in [-0.39, 0.29) is 5.41 Å². The minimum Gasteiger partial charge on any atom is -0.497 e. The van der Waals surface area contributed by atoms with Gasteiger partial charge in [0.1, 0.15) is 5.75 Å². The Balaban J connectivity index is 1.74. The van der Waals surface area contributed by atoms with Crippen LogP contribution in [-0.4, -0.2) is 25.4 Å². The lowest BCUT2D eigenvalue weighted by molar-refractivity contribution is 0.204. The van der Waals surface area contributed by atoms with Gasteiger partial charge in [0.05, 0.1) is 7.11 Å². The molecule has 1 fully saturated rings. The van der Waals surface area contributed by atoms with Crippen molar-refractivity contribution < 1.29 is 9.84 Å². The number of hydrogen-bond donors (Lipinski definition) is 2. The lowest BCUT2D eigenvalue weighted by Crippen LogP contribution is -2.28. The third-order valence-electron chi connectivity index (χ3n) is 4.65. The monoisotopic (exact) mass is 285 g/mol. The van der Waals surface area contributed by atoms with E-state index in [1.54, 1.807) is 7.11 Å². The third-order valence-corrected chi connectivity index (χ3v) is 4.65. The highest BCUT2D eigenvalue weighted by molar-refractivity contribution is 5.84. The van der Waals surface area contributed by atoms with Crippen LogP contribution in [0.15, 0.2) is 36.4 Å². The van der Waals surface area contributed by atoms with Gasteiger partial charge in [0.15, 0.2) is 0 Å². The van der Waals surface area contributed by atoms with Gasteiger partial charge in [0.2, 0.25) is 0 Å². The predicted molar refractivity (Wildman–Crippen MR) is 85.7 cm³/mol. The normalized spacial score (nSPS) is 17.7. The fraction of sp³-hybridized carbons (Fsp3) is 0.444. The van der Waals surface area contributed by atoms with Crippen LogP contribution in [0.25, 0.3) is 10.8 Å². The van der Waals surface area contributed by atoms with E-state index in [0.29, 0.717) is 12.6 Å². The average molecular weight is 285 g/mol. The summed E-state index contributed by atoms with van der Waals surface area (Å²) in [7, 11) is 1.69. The Kier molecular flexibility index (Phi) is 3.87. The Morgan fingerprint density at radius 1 is 1.19 bits per heavy atom. The molecule has 0 bridgehead atoms. The van der Waals surface area contributed by atoms with Crippen LogP contribution in [0.3, 0.4) is 0 Å². The number of methoxy groups -OCH3 is 1. The smallest absolute Gasteiger partial charge is 0.119 e. The van der Waals surface area contributed by atoms with Gasteiger partial charge in [-0.3, -0.25) is 0 Å². The van der Waals surface area contributed by atoms with Crippen molar-refractivity contribution in [2.45, 2.75) is 25.8 Å². The first kappa shape index (κ1) is 14.4. The van der Waals surface area contributed by atoms with Crippen molar-refractivity contribution in [1.29, 1.82) is 0 Å². The number of hydrogen-bond acceptors (Lipinski definition) is 3. The molecule has 1 aliphatic rings. The van der Waals surface area contributed by atoms with Crippen LogP contribution in [0, 0.1) is 5.41 Å². The second kappa shape index (κ2) is 5.66. The first-order valence-electron chi connectivity index (χ1n) is 7.58. The second-order valence-corrected chi connectivity index (χ2v) is 6.23. The Labute approximate surface area is 125 Å². The van der Waals surface area contributed by atoms with Gasteiger partial charge in [-0.2, -0.15) is 0 Å². The lowest BCUT2D eigenvalue weighted by atomic mass is 10.0. The molecule has 1 saturated carbocycles. The van der Waals surface area contributed by atoms with Gasteiger partial charge >= 0.3 is 0 Å². The lowest BCUT2D eigenvalue weighted by Gasteiger charge is -2.19. The van der Waals surface area contributed by atoms with Gasteiger partial charge in [0.25, 0.3) is 0 Å². The van der Waals surface area contributed by atoms with Gasteiger partial charge in [-0.15, -0.1) is 0 Å². The minimum atomic E-state index is 0.151. The average Bonchev–Trinajstić information content (AvgIpc) is 3.32. The topological polar surface area (TPSA) is 41.5 Å². The fourth-order valence-electron chi connectivity index (χ4n) is 2.69. The Bertz CT molecular complexity index is 634. The van der Waals surface area contributed by atoms with E-state index in [2.05, 4.69) is 42.6 Å². The number of rotatable bonds is 6. The van der Waals surface area contributed by atoms with Crippen molar-refractivity contribution in [2.75, 3.05) is 20.3 Å². The van der Waals surface area contributed by atoms with Crippen LogP contribution in [0.2, 0.25) is 0 Å². The van der Waals surface area contributed by atoms with Crippen LogP contribution < -0.4 is 10.1 Å². The van der Waals surface area contributed by atoms with Crippen LogP contribution in [-0.2, 0) is 0 Å². The number of aliphatic hydroxyl groups excluding tert-OH is 1. The summed E-state index contributed by atoms with van der Waals surface area (Å²) in [6, 6.07) is 13.0. The zero-order chi connectivity index (χ0) is 14.9. The molecule has 21 heavy (non-hydrogen) atoms. The molecule has 0 spiro atoms. The summed E-state index contributed by atoms with van der Waals surface area (Å²) in [5.74, 6) is 0.889. The molecule has 2 N–H and O–H groups in total. The zero-order valence-electron chi connectivity index (χ0n) is 12.7. The van der Waals surface area contributed by atoms with E-state index < -0.39 is 0 Å². The predicted octanol–water partition coefficient (Wildman–Crippen LogP) is 3.27. The van der Waals surface area contributed by atoms with Crippen molar-refractivity contribution in [2.24, 2.45) is 5.41 Å². The molecule has 2 aromatic carbocycles. The van der Waals surface area contributed by atoms with Crippen LogP contribution in [0.4, 0.5) is 0 Å². The SMILES string of the molecule is COc1ccc2cc(C(C)NCC3(CO)CC3)ccc2c1. The molecule has 0 amide bonds. The summed E-state index contributed by atoms with van der Waals surface area (Å²) in [4.78, 5) is 0. The standard InChI is InChI=1S/C18H23NO2/c1-13(19-11-18(12-20)7-8-18)14-3-4-16-10-17(21-2)6-5-15(16)9-14/h3-6,9-10,13,19-20H,7-8,11-12H2,1-2H3. The van der Waals surface area contributed by atoms with Gasteiger partial charge in [-0.05, 0) is 54.3 Å². The molecule has 0 aliphatic heterocycles. The quantitative estimate of drug-likeness (QED) is 0.856. The first-order chi connectivity index (χ1) is 10.2. The molecule has 0 saturated heterocycles. The highest BCUT2D eigenvalue weighted by atomic mass is 16.5. The molecule has 1 aliphatic carbocycles. The van der Waals surface area contributed by atoms with Crippen molar-refractivity contribution in [3.05, 3.63) is 42.0 Å². The summed E-state index contributed by atoms with van der Waals surface area (Å²) in [6.07, 6.45) is 2.28. The minimum absolute atomic E-state index is 0.151. The van der Waals surface area contributed by atoms with E-state index in [1.807, 2.05) is 6.07 Å². The molecule has 2 aromatic rings. The molecular formula is C18H23NO2. The van der Waals surface area contributed by atoms with Gasteiger partial charge < -0.3 is 15.2 Å².